The average Bonchev–Trinajstić information content (AvgIpc) is 2.53. The summed E-state index contributed by atoms with van der Waals surface area (Å²) >= 11 is 0. The maximum absolute atomic E-state index is 11.2. The predicted molar refractivity (Wildman–Crippen MR) is 97.5 cm³/mol. The Morgan fingerprint density at radius 3 is 1.03 bits per heavy atom. The quantitative estimate of drug-likeness (QED) is 0.170. The second kappa shape index (κ2) is 19.7. The van der Waals surface area contributed by atoms with E-state index in [2.05, 4.69) is 20.8 Å². The Kier molecular flexibility index (Phi) is 24.5. The standard InChI is InChI=1S/2C7H13N2O4P.2Na/c2*1-4(9-14(3)13)6(10)8-5(2)7(11)12;;/h2*4-5H,1-3H3,(H2-,8,9,10,11,12,13);;/q;;2*+1/t2*4-,5-;;/m00../s1. The van der Waals surface area contributed by atoms with Gasteiger partial charge in [0.05, 0.1) is 24.0 Å². The molecule has 0 aromatic carbocycles. The van der Waals surface area contributed by atoms with E-state index in [0.717, 1.165) is 0 Å². The van der Waals surface area contributed by atoms with Gasteiger partial charge < -0.3 is 30.4 Å². The van der Waals surface area contributed by atoms with Crippen LogP contribution in [-0.2, 0) is 28.3 Å². The monoisotopic (exact) mass is 486 g/mol. The summed E-state index contributed by atoms with van der Waals surface area (Å²) in [6, 6.07) is -3.49. The Morgan fingerprint density at radius 1 is 0.633 bits per heavy atom. The summed E-state index contributed by atoms with van der Waals surface area (Å²) in [7, 11) is -3.27. The number of nitrogens with one attached hydrogen (secondary N) is 4. The summed E-state index contributed by atoms with van der Waals surface area (Å²) in [5.41, 5.74) is 0. The zero-order valence-electron chi connectivity index (χ0n) is 18.5. The summed E-state index contributed by atoms with van der Waals surface area (Å²) in [5.74, 6) is -3.75. The van der Waals surface area contributed by atoms with Crippen LogP contribution in [0.15, 0.2) is 0 Å². The molecule has 30 heavy (non-hydrogen) atoms. The molecule has 0 aliphatic rings. The maximum atomic E-state index is 11.2. The van der Waals surface area contributed by atoms with Gasteiger partial charge in [-0.3, -0.25) is 9.59 Å². The van der Waals surface area contributed by atoms with Crippen molar-refractivity contribution < 1.29 is 97.6 Å². The summed E-state index contributed by atoms with van der Waals surface area (Å²) in [6.45, 7) is 8.42. The molecule has 0 aliphatic heterocycles. The Bertz CT molecular complexity index is 575. The molecule has 0 saturated heterocycles. The van der Waals surface area contributed by atoms with Crippen molar-refractivity contribution in [3.63, 3.8) is 0 Å². The third-order valence-corrected chi connectivity index (χ3v) is 4.46. The van der Waals surface area contributed by atoms with E-state index in [0.29, 0.717) is 0 Å². The van der Waals surface area contributed by atoms with Gasteiger partial charge in [-0.15, -0.1) is 0 Å². The Morgan fingerprint density at radius 2 is 0.867 bits per heavy atom. The summed E-state index contributed by atoms with van der Waals surface area (Å²) in [5, 5.41) is 29.9. The van der Waals surface area contributed by atoms with Crippen molar-refractivity contribution in [2.75, 3.05) is 13.3 Å². The molecule has 2 amide bonds. The molecule has 2 unspecified atom stereocenters. The molecule has 0 aromatic heterocycles. The molecule has 4 N–H and O–H groups in total. The molecule has 16 heteroatoms. The third kappa shape index (κ3) is 19.9. The normalized spacial score (nSPS) is 14.5. The smallest absolute Gasteiger partial charge is 0.548 e. The SMILES string of the molecule is C[C@H](NC(=O)[C@H](C)N[P+](C)=O)C(=O)[O-].C[C@H](NC(=O)[C@H](C)N[P+](C)=O)C(=O)[O-].[Na+].[Na+]. The van der Waals surface area contributed by atoms with Crippen LogP contribution < -0.4 is 90.1 Å². The van der Waals surface area contributed by atoms with Crippen LogP contribution in [0.1, 0.15) is 27.7 Å². The van der Waals surface area contributed by atoms with Gasteiger partial charge in [-0.2, -0.15) is 0 Å². The van der Waals surface area contributed by atoms with Gasteiger partial charge in [0, 0.05) is 0 Å². The second-order valence-corrected chi connectivity index (χ2v) is 8.30. The minimum Gasteiger partial charge on any atom is -0.548 e. The van der Waals surface area contributed by atoms with Crippen molar-refractivity contribution >= 4 is 39.7 Å². The Labute approximate surface area is 221 Å². The van der Waals surface area contributed by atoms with Crippen LogP contribution in [0.25, 0.3) is 0 Å². The van der Waals surface area contributed by atoms with Crippen molar-refractivity contribution in [1.29, 1.82) is 0 Å². The third-order valence-electron chi connectivity index (χ3n) is 2.96. The number of aliphatic carboxylic acids is 2. The van der Waals surface area contributed by atoms with Crippen molar-refractivity contribution in [2.24, 2.45) is 0 Å². The van der Waals surface area contributed by atoms with Crippen LogP contribution in [0.2, 0.25) is 0 Å². The molecular weight excluding hydrogens is 460 g/mol. The largest absolute Gasteiger partial charge is 1.00 e. The fourth-order valence-corrected chi connectivity index (χ4v) is 2.78. The van der Waals surface area contributed by atoms with Gasteiger partial charge in [-0.1, -0.05) is 19.3 Å². The van der Waals surface area contributed by atoms with Crippen LogP contribution in [-0.4, -0.2) is 61.2 Å². The van der Waals surface area contributed by atoms with Gasteiger partial charge in [0.15, 0.2) is 13.3 Å². The molecule has 0 spiro atoms. The molecule has 0 aromatic rings. The molecule has 0 heterocycles. The molecule has 0 radical (unpaired) electrons. The molecule has 12 nitrogen and oxygen atoms in total. The van der Waals surface area contributed by atoms with E-state index in [4.69, 9.17) is 0 Å². The van der Waals surface area contributed by atoms with Crippen LogP contribution in [0, 0.1) is 0 Å². The van der Waals surface area contributed by atoms with E-state index >= 15 is 0 Å². The number of carbonyl (C=O) groups is 4. The van der Waals surface area contributed by atoms with Gasteiger partial charge in [0.25, 0.3) is 0 Å². The molecule has 0 aliphatic carbocycles. The zero-order chi connectivity index (χ0) is 22.6. The second-order valence-electron chi connectivity index (χ2n) is 5.80. The maximum Gasteiger partial charge on any atom is 1.00 e. The van der Waals surface area contributed by atoms with E-state index in [9.17, 15) is 38.5 Å². The number of carbonyl (C=O) groups excluding carboxylic acids is 4. The summed E-state index contributed by atoms with van der Waals surface area (Å²) < 4.78 is 21.4. The van der Waals surface area contributed by atoms with Crippen molar-refractivity contribution in [1.82, 2.24) is 20.8 Å². The van der Waals surface area contributed by atoms with Crippen LogP contribution in [0.3, 0.4) is 0 Å². The van der Waals surface area contributed by atoms with Gasteiger partial charge in [-0.05, 0) is 27.7 Å². The molecule has 0 rings (SSSR count). The first-order chi connectivity index (χ1) is 12.7. The van der Waals surface area contributed by atoms with Crippen molar-refractivity contribution in [3.05, 3.63) is 0 Å². The first-order valence-corrected chi connectivity index (χ1v) is 11.5. The minimum absolute atomic E-state index is 0. The first kappa shape index (κ1) is 37.3. The molecule has 0 fully saturated rings. The fourth-order valence-electron chi connectivity index (χ4n) is 1.46. The molecule has 160 valence electrons. The van der Waals surface area contributed by atoms with Crippen molar-refractivity contribution in [3.8, 4) is 0 Å². The van der Waals surface area contributed by atoms with Gasteiger partial charge in [-0.25, -0.2) is 0 Å². The Hall–Kier alpha value is 0. The minimum atomic E-state index is -1.64. The first-order valence-electron chi connectivity index (χ1n) is 8.05. The van der Waals surface area contributed by atoms with E-state index < -0.39 is 63.8 Å². The molecule has 0 saturated carbocycles. The summed E-state index contributed by atoms with van der Waals surface area (Å²) in [6.07, 6.45) is 0. The molecular formula is C14H26N4Na2O8P2+2. The summed E-state index contributed by atoms with van der Waals surface area (Å²) in [4.78, 5) is 43.0. The number of hydrogen-bond acceptors (Lipinski definition) is 8. The van der Waals surface area contributed by atoms with Gasteiger partial charge >= 0.3 is 75.0 Å². The van der Waals surface area contributed by atoms with E-state index in [-0.39, 0.29) is 59.1 Å². The van der Waals surface area contributed by atoms with Crippen LogP contribution in [0.4, 0.5) is 0 Å². The number of rotatable bonds is 10. The topological polar surface area (TPSA) is 197 Å². The van der Waals surface area contributed by atoms with Crippen LogP contribution >= 0.6 is 15.9 Å². The molecule has 6 atom stereocenters. The van der Waals surface area contributed by atoms with Crippen molar-refractivity contribution in [2.45, 2.75) is 51.9 Å². The van der Waals surface area contributed by atoms with E-state index in [1.807, 2.05) is 0 Å². The van der Waals surface area contributed by atoms with Gasteiger partial charge in [0.2, 0.25) is 11.8 Å². The molecule has 0 bridgehead atoms. The van der Waals surface area contributed by atoms with Crippen LogP contribution in [0.5, 0.6) is 0 Å². The number of carboxylic acid groups (broad SMARTS) is 2. The number of hydrogen-bond donors (Lipinski definition) is 4. The number of amides is 2. The fraction of sp³-hybridized carbons (Fsp3) is 0.714. The van der Waals surface area contributed by atoms with Gasteiger partial charge in [0.1, 0.15) is 12.1 Å². The van der Waals surface area contributed by atoms with E-state index in [1.54, 1.807) is 0 Å². The Balaban J connectivity index is -0.000000211. The average molecular weight is 486 g/mol. The van der Waals surface area contributed by atoms with E-state index in [1.165, 1.54) is 41.0 Å². The predicted octanol–water partition coefficient (Wildman–Crippen LogP) is -8.81. The zero-order valence-corrected chi connectivity index (χ0v) is 24.3. The number of carboxylic acids is 2.